The zero-order chi connectivity index (χ0) is 12.2. The fourth-order valence-corrected chi connectivity index (χ4v) is 2.39. The van der Waals surface area contributed by atoms with Crippen molar-refractivity contribution in [2.75, 3.05) is 13.1 Å². The highest BCUT2D eigenvalue weighted by Crippen LogP contribution is 2.38. The number of nitrogens with zero attached hydrogens (tertiary/aromatic N) is 1. The summed E-state index contributed by atoms with van der Waals surface area (Å²) < 4.78 is 0. The molecule has 2 N–H and O–H groups in total. The first-order valence-corrected chi connectivity index (χ1v) is 7.00. The van der Waals surface area contributed by atoms with Gasteiger partial charge in [0.15, 0.2) is 0 Å². The number of unbranched alkanes of at least 4 members (excludes halogenated alkanes) is 2. The molecule has 1 aliphatic carbocycles. The maximum absolute atomic E-state index is 6.42. The van der Waals surface area contributed by atoms with Gasteiger partial charge in [-0.3, -0.25) is 4.90 Å². The van der Waals surface area contributed by atoms with E-state index in [0.29, 0.717) is 6.04 Å². The highest BCUT2D eigenvalue weighted by atomic mass is 15.2. The zero-order valence-electron chi connectivity index (χ0n) is 11.6. The summed E-state index contributed by atoms with van der Waals surface area (Å²) in [5.41, 5.74) is 6.46. The van der Waals surface area contributed by atoms with Crippen LogP contribution in [-0.2, 0) is 0 Å². The van der Waals surface area contributed by atoms with E-state index in [1.807, 2.05) is 0 Å². The topological polar surface area (TPSA) is 29.3 Å². The van der Waals surface area contributed by atoms with E-state index in [-0.39, 0.29) is 5.54 Å². The Balaban J connectivity index is 2.37. The molecule has 1 aliphatic rings. The minimum Gasteiger partial charge on any atom is -0.324 e. The van der Waals surface area contributed by atoms with Crippen molar-refractivity contribution in [1.82, 2.24) is 4.90 Å². The van der Waals surface area contributed by atoms with Gasteiger partial charge in [-0.25, -0.2) is 0 Å². The smallest absolute Gasteiger partial charge is 0.0283 e. The third-order valence-electron chi connectivity index (χ3n) is 3.83. The molecule has 1 rings (SSSR count). The van der Waals surface area contributed by atoms with Crippen LogP contribution < -0.4 is 5.73 Å². The van der Waals surface area contributed by atoms with E-state index < -0.39 is 0 Å². The Morgan fingerprint density at radius 1 is 1.31 bits per heavy atom. The predicted octanol–water partition coefficient (Wildman–Crippen LogP) is 3.01. The lowest BCUT2D eigenvalue weighted by molar-refractivity contribution is 0.162. The predicted molar refractivity (Wildman–Crippen MR) is 71.6 cm³/mol. The van der Waals surface area contributed by atoms with Crippen LogP contribution in [0.3, 0.4) is 0 Å². The molecule has 0 aliphatic heterocycles. The van der Waals surface area contributed by atoms with Crippen LogP contribution >= 0.6 is 0 Å². The molecule has 1 fully saturated rings. The number of rotatable bonds is 8. The SMILES string of the molecule is CCCCCN(CC(C)(N)C1CC1)C(C)C. The van der Waals surface area contributed by atoms with Gasteiger partial charge in [0.1, 0.15) is 0 Å². The molecule has 96 valence electrons. The lowest BCUT2D eigenvalue weighted by Gasteiger charge is -2.35. The maximum atomic E-state index is 6.42. The number of hydrogen-bond acceptors (Lipinski definition) is 2. The van der Waals surface area contributed by atoms with Crippen LogP contribution in [0.4, 0.5) is 0 Å². The van der Waals surface area contributed by atoms with Crippen LogP contribution in [0.15, 0.2) is 0 Å². The summed E-state index contributed by atoms with van der Waals surface area (Å²) in [6.07, 6.45) is 6.64. The standard InChI is InChI=1S/C14H30N2/c1-5-6-7-10-16(12(2)3)11-14(4,15)13-8-9-13/h12-13H,5-11,15H2,1-4H3. The molecule has 0 aromatic carbocycles. The second-order valence-electron chi connectivity index (χ2n) is 6.05. The van der Waals surface area contributed by atoms with E-state index in [0.717, 1.165) is 12.5 Å². The van der Waals surface area contributed by atoms with Gasteiger partial charge in [0.05, 0.1) is 0 Å². The van der Waals surface area contributed by atoms with Gasteiger partial charge in [-0.15, -0.1) is 0 Å². The number of nitrogens with two attached hydrogens (primary N) is 1. The fraction of sp³-hybridized carbons (Fsp3) is 1.00. The van der Waals surface area contributed by atoms with E-state index in [1.54, 1.807) is 0 Å². The van der Waals surface area contributed by atoms with Gasteiger partial charge >= 0.3 is 0 Å². The molecule has 1 saturated carbocycles. The van der Waals surface area contributed by atoms with Crippen LogP contribution in [0.5, 0.6) is 0 Å². The maximum Gasteiger partial charge on any atom is 0.0283 e. The Hall–Kier alpha value is -0.0800. The van der Waals surface area contributed by atoms with E-state index in [1.165, 1.54) is 38.6 Å². The van der Waals surface area contributed by atoms with Crippen molar-refractivity contribution in [3.05, 3.63) is 0 Å². The van der Waals surface area contributed by atoms with Crippen molar-refractivity contribution in [2.45, 2.75) is 71.4 Å². The molecule has 0 radical (unpaired) electrons. The van der Waals surface area contributed by atoms with E-state index in [2.05, 4.69) is 32.6 Å². The second kappa shape index (κ2) is 6.02. The zero-order valence-corrected chi connectivity index (χ0v) is 11.6. The van der Waals surface area contributed by atoms with E-state index in [9.17, 15) is 0 Å². The van der Waals surface area contributed by atoms with Gasteiger partial charge in [0.25, 0.3) is 0 Å². The third kappa shape index (κ3) is 4.42. The van der Waals surface area contributed by atoms with Gasteiger partial charge in [0.2, 0.25) is 0 Å². The molecule has 0 saturated heterocycles. The molecular formula is C14H30N2. The minimum absolute atomic E-state index is 0.0382. The van der Waals surface area contributed by atoms with Crippen LogP contribution in [0.2, 0.25) is 0 Å². The Labute approximate surface area is 102 Å². The molecule has 0 heterocycles. The molecule has 2 heteroatoms. The summed E-state index contributed by atoms with van der Waals surface area (Å²) in [5.74, 6) is 0.778. The second-order valence-corrected chi connectivity index (χ2v) is 6.05. The summed E-state index contributed by atoms with van der Waals surface area (Å²) >= 11 is 0. The normalized spacial score (nSPS) is 20.4. The van der Waals surface area contributed by atoms with Crippen molar-refractivity contribution >= 4 is 0 Å². The van der Waals surface area contributed by atoms with E-state index in [4.69, 9.17) is 5.73 Å². The molecule has 1 atom stereocenters. The van der Waals surface area contributed by atoms with Crippen LogP contribution in [-0.4, -0.2) is 29.6 Å². The molecule has 0 amide bonds. The molecule has 0 spiro atoms. The van der Waals surface area contributed by atoms with Crippen molar-refractivity contribution in [1.29, 1.82) is 0 Å². The highest BCUT2D eigenvalue weighted by Gasteiger charge is 2.39. The Morgan fingerprint density at radius 3 is 2.38 bits per heavy atom. The Kier molecular flexibility index (Phi) is 5.26. The summed E-state index contributed by atoms with van der Waals surface area (Å²) in [4.78, 5) is 2.56. The molecule has 2 nitrogen and oxygen atoms in total. The lowest BCUT2D eigenvalue weighted by atomic mass is 9.96. The van der Waals surface area contributed by atoms with Crippen molar-refractivity contribution < 1.29 is 0 Å². The Bertz CT molecular complexity index is 195. The molecule has 1 unspecified atom stereocenters. The minimum atomic E-state index is 0.0382. The summed E-state index contributed by atoms with van der Waals surface area (Å²) in [6.45, 7) is 11.4. The third-order valence-corrected chi connectivity index (χ3v) is 3.83. The van der Waals surface area contributed by atoms with Gasteiger partial charge in [-0.05, 0) is 52.5 Å². The van der Waals surface area contributed by atoms with Gasteiger partial charge in [0, 0.05) is 18.1 Å². The molecule has 0 aromatic heterocycles. The first-order chi connectivity index (χ1) is 7.47. The quantitative estimate of drug-likeness (QED) is 0.645. The summed E-state index contributed by atoms with van der Waals surface area (Å²) in [7, 11) is 0. The van der Waals surface area contributed by atoms with Gasteiger partial charge in [-0.1, -0.05) is 19.8 Å². The average Bonchev–Trinajstić information content (AvgIpc) is 2.99. The largest absolute Gasteiger partial charge is 0.324 e. The average molecular weight is 226 g/mol. The van der Waals surface area contributed by atoms with Crippen LogP contribution in [0.1, 0.15) is 59.8 Å². The van der Waals surface area contributed by atoms with Crippen molar-refractivity contribution in [2.24, 2.45) is 11.7 Å². The van der Waals surface area contributed by atoms with Crippen LogP contribution in [0, 0.1) is 5.92 Å². The Morgan fingerprint density at radius 2 is 1.94 bits per heavy atom. The molecule has 0 aromatic rings. The summed E-state index contributed by atoms with van der Waals surface area (Å²) in [5, 5.41) is 0. The van der Waals surface area contributed by atoms with Gasteiger partial charge in [-0.2, -0.15) is 0 Å². The molecular weight excluding hydrogens is 196 g/mol. The first kappa shape index (κ1) is 14.0. The number of hydrogen-bond donors (Lipinski definition) is 1. The molecule has 16 heavy (non-hydrogen) atoms. The monoisotopic (exact) mass is 226 g/mol. The lowest BCUT2D eigenvalue weighted by Crippen LogP contribution is -2.51. The van der Waals surface area contributed by atoms with Crippen molar-refractivity contribution in [3.8, 4) is 0 Å². The van der Waals surface area contributed by atoms with Crippen LogP contribution in [0.25, 0.3) is 0 Å². The molecule has 0 bridgehead atoms. The highest BCUT2D eigenvalue weighted by molar-refractivity contribution is 4.97. The van der Waals surface area contributed by atoms with Gasteiger partial charge < -0.3 is 5.73 Å². The first-order valence-electron chi connectivity index (χ1n) is 7.00. The van der Waals surface area contributed by atoms with Crippen molar-refractivity contribution in [3.63, 3.8) is 0 Å². The van der Waals surface area contributed by atoms with E-state index >= 15 is 0 Å². The summed E-state index contributed by atoms with van der Waals surface area (Å²) in [6, 6.07) is 0.624. The fourth-order valence-electron chi connectivity index (χ4n) is 2.39.